The third-order valence-corrected chi connectivity index (χ3v) is 3.73. The zero-order valence-corrected chi connectivity index (χ0v) is 12.1. The van der Waals surface area contributed by atoms with Gasteiger partial charge in [0.1, 0.15) is 0 Å². The molecule has 0 aliphatic heterocycles. The smallest absolute Gasteiger partial charge is 0.0948 e. The summed E-state index contributed by atoms with van der Waals surface area (Å²) < 4.78 is 2.24. The fraction of sp³-hybridized carbons (Fsp3) is 0.769. The van der Waals surface area contributed by atoms with Crippen molar-refractivity contribution in [3.8, 4) is 0 Å². The zero-order valence-electron chi connectivity index (χ0n) is 11.3. The Hall–Kier alpha value is -0.480. The third kappa shape index (κ3) is 5.59. The molecule has 0 saturated heterocycles. The molecule has 0 saturated carbocycles. The standard InChI is InChI=1S/C13H25N3S/c1-4-7-16-11-14-9-13(16)10-15-12(3)6-8-17-5-2/h9,11-12,15H,4-8,10H2,1-3H3. The second kappa shape index (κ2) is 8.59. The number of thioether (sulfide) groups is 1. The minimum atomic E-state index is 0.582. The molecule has 1 atom stereocenters. The van der Waals surface area contributed by atoms with Crippen molar-refractivity contribution < 1.29 is 0 Å². The van der Waals surface area contributed by atoms with Crippen LogP contribution in [0.25, 0.3) is 0 Å². The topological polar surface area (TPSA) is 29.9 Å². The highest BCUT2D eigenvalue weighted by Crippen LogP contribution is 2.05. The van der Waals surface area contributed by atoms with E-state index in [4.69, 9.17) is 0 Å². The molecule has 1 heterocycles. The molecule has 0 amide bonds. The van der Waals surface area contributed by atoms with E-state index in [-0.39, 0.29) is 0 Å². The van der Waals surface area contributed by atoms with Gasteiger partial charge in [-0.25, -0.2) is 4.98 Å². The van der Waals surface area contributed by atoms with Crippen LogP contribution in [0.4, 0.5) is 0 Å². The number of aromatic nitrogens is 2. The fourth-order valence-electron chi connectivity index (χ4n) is 1.72. The van der Waals surface area contributed by atoms with Crippen LogP contribution in [0, 0.1) is 0 Å². The summed E-state index contributed by atoms with van der Waals surface area (Å²) in [4.78, 5) is 4.21. The summed E-state index contributed by atoms with van der Waals surface area (Å²) in [5, 5.41) is 3.57. The molecule has 0 bridgehead atoms. The molecular formula is C13H25N3S. The van der Waals surface area contributed by atoms with E-state index in [9.17, 15) is 0 Å². The molecule has 0 spiro atoms. The maximum absolute atomic E-state index is 4.21. The lowest BCUT2D eigenvalue weighted by Gasteiger charge is -2.14. The van der Waals surface area contributed by atoms with Gasteiger partial charge in [0.25, 0.3) is 0 Å². The zero-order chi connectivity index (χ0) is 12.5. The van der Waals surface area contributed by atoms with Gasteiger partial charge in [-0.15, -0.1) is 0 Å². The van der Waals surface area contributed by atoms with Crippen LogP contribution in [0.1, 0.15) is 39.3 Å². The van der Waals surface area contributed by atoms with Gasteiger partial charge in [0.15, 0.2) is 0 Å². The molecule has 1 rings (SSSR count). The second-order valence-corrected chi connectivity index (χ2v) is 5.74. The molecule has 0 fully saturated rings. The molecule has 1 N–H and O–H groups in total. The Morgan fingerprint density at radius 2 is 2.29 bits per heavy atom. The normalized spacial score (nSPS) is 12.9. The average molecular weight is 255 g/mol. The molecule has 4 heteroatoms. The van der Waals surface area contributed by atoms with Gasteiger partial charge in [0, 0.05) is 25.3 Å². The molecule has 98 valence electrons. The first-order valence-corrected chi connectivity index (χ1v) is 7.73. The van der Waals surface area contributed by atoms with Gasteiger partial charge in [0.05, 0.1) is 12.0 Å². The lowest BCUT2D eigenvalue weighted by Crippen LogP contribution is -2.27. The summed E-state index contributed by atoms with van der Waals surface area (Å²) in [6.07, 6.45) is 6.29. The van der Waals surface area contributed by atoms with Crippen molar-refractivity contribution in [2.24, 2.45) is 0 Å². The van der Waals surface area contributed by atoms with Crippen molar-refractivity contribution in [1.29, 1.82) is 0 Å². The van der Waals surface area contributed by atoms with Gasteiger partial charge in [-0.3, -0.25) is 0 Å². The Kier molecular flexibility index (Phi) is 7.37. The van der Waals surface area contributed by atoms with Crippen LogP contribution in [0.2, 0.25) is 0 Å². The van der Waals surface area contributed by atoms with Crippen molar-refractivity contribution in [3.05, 3.63) is 18.2 Å². The van der Waals surface area contributed by atoms with Crippen LogP contribution in [0.5, 0.6) is 0 Å². The minimum absolute atomic E-state index is 0.582. The van der Waals surface area contributed by atoms with E-state index in [0.717, 1.165) is 19.5 Å². The highest BCUT2D eigenvalue weighted by Gasteiger charge is 2.04. The van der Waals surface area contributed by atoms with Crippen LogP contribution >= 0.6 is 11.8 Å². The van der Waals surface area contributed by atoms with Gasteiger partial charge in [-0.05, 0) is 31.3 Å². The summed E-state index contributed by atoms with van der Waals surface area (Å²) in [5.74, 6) is 2.47. The van der Waals surface area contributed by atoms with Crippen molar-refractivity contribution >= 4 is 11.8 Å². The van der Waals surface area contributed by atoms with Crippen LogP contribution in [0.15, 0.2) is 12.5 Å². The monoisotopic (exact) mass is 255 g/mol. The molecular weight excluding hydrogens is 230 g/mol. The Bertz CT molecular complexity index is 299. The van der Waals surface area contributed by atoms with Crippen molar-refractivity contribution in [3.63, 3.8) is 0 Å². The van der Waals surface area contributed by atoms with E-state index in [1.165, 1.54) is 23.6 Å². The third-order valence-electron chi connectivity index (χ3n) is 2.79. The number of rotatable bonds is 9. The number of aryl methyl sites for hydroxylation is 1. The summed E-state index contributed by atoms with van der Waals surface area (Å²) in [6.45, 7) is 8.67. The number of hydrogen-bond acceptors (Lipinski definition) is 3. The van der Waals surface area contributed by atoms with Gasteiger partial charge in [-0.1, -0.05) is 13.8 Å². The molecule has 0 aliphatic rings. The van der Waals surface area contributed by atoms with E-state index >= 15 is 0 Å². The Labute approximate surface area is 109 Å². The SMILES string of the molecule is CCCn1cncc1CNC(C)CCSCC. The maximum Gasteiger partial charge on any atom is 0.0948 e. The van der Waals surface area contributed by atoms with E-state index in [1.54, 1.807) is 0 Å². The van der Waals surface area contributed by atoms with E-state index in [2.05, 4.69) is 35.6 Å². The summed E-state index contributed by atoms with van der Waals surface area (Å²) in [6, 6.07) is 0.582. The van der Waals surface area contributed by atoms with Gasteiger partial charge in [-0.2, -0.15) is 11.8 Å². The van der Waals surface area contributed by atoms with Crippen molar-refractivity contribution in [1.82, 2.24) is 14.9 Å². The molecule has 0 radical (unpaired) electrons. The fourth-order valence-corrected chi connectivity index (χ4v) is 2.53. The lowest BCUT2D eigenvalue weighted by molar-refractivity contribution is 0.515. The lowest BCUT2D eigenvalue weighted by atomic mass is 10.2. The van der Waals surface area contributed by atoms with Crippen molar-refractivity contribution in [2.45, 2.75) is 52.7 Å². The summed E-state index contributed by atoms with van der Waals surface area (Å²) in [5.41, 5.74) is 1.29. The predicted octanol–water partition coefficient (Wildman–Crippen LogP) is 2.91. The number of nitrogens with zero attached hydrogens (tertiary/aromatic N) is 2. The summed E-state index contributed by atoms with van der Waals surface area (Å²) >= 11 is 2.01. The Morgan fingerprint density at radius 1 is 1.47 bits per heavy atom. The van der Waals surface area contributed by atoms with E-state index < -0.39 is 0 Å². The molecule has 1 unspecified atom stereocenters. The van der Waals surface area contributed by atoms with Gasteiger partial charge in [0.2, 0.25) is 0 Å². The van der Waals surface area contributed by atoms with Crippen molar-refractivity contribution in [2.75, 3.05) is 11.5 Å². The highest BCUT2D eigenvalue weighted by molar-refractivity contribution is 7.99. The molecule has 1 aromatic heterocycles. The Balaban J connectivity index is 2.26. The number of imidazole rings is 1. The molecule has 0 aliphatic carbocycles. The molecule has 0 aromatic carbocycles. The maximum atomic E-state index is 4.21. The van der Waals surface area contributed by atoms with Gasteiger partial charge >= 0.3 is 0 Å². The average Bonchev–Trinajstić information content (AvgIpc) is 2.75. The van der Waals surface area contributed by atoms with Crippen LogP contribution in [-0.2, 0) is 13.1 Å². The molecule has 1 aromatic rings. The Morgan fingerprint density at radius 3 is 3.00 bits per heavy atom. The van der Waals surface area contributed by atoms with E-state index in [0.29, 0.717) is 6.04 Å². The minimum Gasteiger partial charge on any atom is -0.333 e. The second-order valence-electron chi connectivity index (χ2n) is 4.35. The van der Waals surface area contributed by atoms with Crippen LogP contribution in [0.3, 0.4) is 0 Å². The largest absolute Gasteiger partial charge is 0.333 e. The predicted molar refractivity (Wildman–Crippen MR) is 76.4 cm³/mol. The molecule has 3 nitrogen and oxygen atoms in total. The first-order valence-electron chi connectivity index (χ1n) is 6.58. The number of hydrogen-bond donors (Lipinski definition) is 1. The summed E-state index contributed by atoms with van der Waals surface area (Å²) in [7, 11) is 0. The highest BCUT2D eigenvalue weighted by atomic mass is 32.2. The van der Waals surface area contributed by atoms with E-state index in [1.807, 2.05) is 24.3 Å². The number of nitrogens with one attached hydrogen (secondary N) is 1. The first-order chi connectivity index (χ1) is 8.27. The van der Waals surface area contributed by atoms with Crippen LogP contribution < -0.4 is 5.32 Å². The first kappa shape index (κ1) is 14.6. The van der Waals surface area contributed by atoms with Crippen LogP contribution in [-0.4, -0.2) is 27.1 Å². The quantitative estimate of drug-likeness (QED) is 0.688. The molecule has 17 heavy (non-hydrogen) atoms. The van der Waals surface area contributed by atoms with Gasteiger partial charge < -0.3 is 9.88 Å².